The van der Waals surface area contributed by atoms with Gasteiger partial charge in [-0.1, -0.05) is 12.1 Å². The molecule has 3 heterocycles. The van der Waals surface area contributed by atoms with Gasteiger partial charge in [0.2, 0.25) is 0 Å². The molecule has 0 aliphatic rings. The number of nitrogens with zero attached hydrogens (tertiary/aromatic N) is 4. The van der Waals surface area contributed by atoms with E-state index in [9.17, 15) is 18.0 Å². The highest BCUT2D eigenvalue weighted by Crippen LogP contribution is 2.38. The van der Waals surface area contributed by atoms with Crippen molar-refractivity contribution in [1.29, 1.82) is 0 Å². The molecule has 2 amide bonds. The lowest BCUT2D eigenvalue weighted by Gasteiger charge is -2.15. The maximum atomic E-state index is 13.5. The predicted molar refractivity (Wildman–Crippen MR) is 145 cm³/mol. The quantitative estimate of drug-likeness (QED) is 0.206. The van der Waals surface area contributed by atoms with E-state index in [4.69, 9.17) is 9.72 Å². The Hall–Kier alpha value is -5.13. The van der Waals surface area contributed by atoms with Gasteiger partial charge < -0.3 is 25.1 Å². The van der Waals surface area contributed by atoms with Crippen molar-refractivity contribution in [2.45, 2.75) is 19.6 Å². The van der Waals surface area contributed by atoms with Crippen molar-refractivity contribution in [3.8, 4) is 17.0 Å². The van der Waals surface area contributed by atoms with Gasteiger partial charge in [0.25, 0.3) is 0 Å². The van der Waals surface area contributed by atoms with Crippen LogP contribution in [0.15, 0.2) is 85.6 Å². The maximum absolute atomic E-state index is 13.5. The van der Waals surface area contributed by atoms with Crippen LogP contribution in [0.5, 0.6) is 5.75 Å². The van der Waals surface area contributed by atoms with E-state index in [1.165, 1.54) is 12.1 Å². The van der Waals surface area contributed by atoms with E-state index in [2.05, 4.69) is 25.9 Å². The van der Waals surface area contributed by atoms with Crippen molar-refractivity contribution in [2.24, 2.45) is 0 Å². The molecular formula is C28H24F3N7O2. The van der Waals surface area contributed by atoms with Crippen LogP contribution in [0.25, 0.3) is 16.9 Å². The molecule has 0 bridgehead atoms. The van der Waals surface area contributed by atoms with E-state index in [0.29, 0.717) is 35.0 Å². The van der Waals surface area contributed by atoms with E-state index >= 15 is 0 Å². The highest BCUT2D eigenvalue weighted by molar-refractivity contribution is 6.00. The third-order valence-electron chi connectivity index (χ3n) is 5.84. The Labute approximate surface area is 227 Å². The van der Waals surface area contributed by atoms with Gasteiger partial charge in [0.05, 0.1) is 17.9 Å². The molecule has 40 heavy (non-hydrogen) atoms. The molecule has 5 rings (SSSR count). The van der Waals surface area contributed by atoms with Gasteiger partial charge in [-0.05, 0) is 55.0 Å². The molecule has 204 valence electrons. The van der Waals surface area contributed by atoms with Crippen LogP contribution in [0.1, 0.15) is 18.1 Å². The minimum Gasteiger partial charge on any atom is -0.493 e. The summed E-state index contributed by atoms with van der Waals surface area (Å²) >= 11 is 0. The fraction of sp³-hybridized carbons (Fsp3) is 0.143. The topological polar surface area (TPSA) is 105 Å². The number of alkyl halides is 3. The molecule has 0 atom stereocenters. The zero-order chi connectivity index (χ0) is 28.1. The Morgan fingerprint density at radius 2 is 1.77 bits per heavy atom. The number of aromatic nitrogens is 4. The lowest BCUT2D eigenvalue weighted by molar-refractivity contribution is -0.138. The van der Waals surface area contributed by atoms with Crippen molar-refractivity contribution in [1.82, 2.24) is 19.4 Å². The van der Waals surface area contributed by atoms with Crippen molar-refractivity contribution >= 4 is 28.9 Å². The number of ether oxygens (including phenoxy) is 1. The number of pyridine rings is 1. The fourth-order valence-corrected chi connectivity index (χ4v) is 4.04. The van der Waals surface area contributed by atoms with Crippen molar-refractivity contribution in [2.75, 3.05) is 22.6 Å². The Kier molecular flexibility index (Phi) is 7.49. The number of halogens is 3. The van der Waals surface area contributed by atoms with Crippen LogP contribution >= 0.6 is 0 Å². The lowest BCUT2D eigenvalue weighted by Crippen LogP contribution is -2.20. The van der Waals surface area contributed by atoms with Gasteiger partial charge in [0.1, 0.15) is 5.75 Å². The fourth-order valence-electron chi connectivity index (χ4n) is 4.04. The summed E-state index contributed by atoms with van der Waals surface area (Å²) in [4.78, 5) is 25.8. The molecule has 0 unspecified atom stereocenters. The van der Waals surface area contributed by atoms with Crippen molar-refractivity contribution in [3.63, 3.8) is 0 Å². The van der Waals surface area contributed by atoms with Crippen LogP contribution < -0.4 is 20.7 Å². The van der Waals surface area contributed by atoms with Crippen molar-refractivity contribution < 1.29 is 22.7 Å². The molecular weight excluding hydrogens is 523 g/mol. The van der Waals surface area contributed by atoms with Crippen LogP contribution in [0.4, 0.5) is 35.2 Å². The summed E-state index contributed by atoms with van der Waals surface area (Å²) in [7, 11) is 0. The minimum atomic E-state index is -4.64. The molecule has 0 spiro atoms. The smallest absolute Gasteiger partial charge is 0.420 e. The SMILES string of the molecule is CCOc1ccc(NC(=O)Nc2cccc(-c3cn4ccnc4c(NCc4ccncc4)n3)c2)cc1C(F)(F)F. The van der Waals surface area contributed by atoms with Gasteiger partial charge in [-0.15, -0.1) is 0 Å². The van der Waals surface area contributed by atoms with E-state index in [0.717, 1.165) is 11.6 Å². The van der Waals surface area contributed by atoms with Crippen LogP contribution in [0.3, 0.4) is 0 Å². The first-order valence-electron chi connectivity index (χ1n) is 12.3. The number of urea groups is 1. The highest BCUT2D eigenvalue weighted by Gasteiger charge is 2.34. The van der Waals surface area contributed by atoms with E-state index in [1.54, 1.807) is 49.9 Å². The Balaban J connectivity index is 1.34. The summed E-state index contributed by atoms with van der Waals surface area (Å²) in [5.41, 5.74) is 2.44. The molecule has 0 saturated carbocycles. The van der Waals surface area contributed by atoms with Crippen LogP contribution in [0.2, 0.25) is 0 Å². The number of fused-ring (bicyclic) bond motifs is 1. The molecule has 0 saturated heterocycles. The maximum Gasteiger partial charge on any atom is 0.420 e. The summed E-state index contributed by atoms with van der Waals surface area (Å²) in [6.07, 6.45) is 4.09. The molecule has 9 nitrogen and oxygen atoms in total. The first-order valence-corrected chi connectivity index (χ1v) is 12.3. The molecule has 12 heteroatoms. The number of carbonyl (C=O) groups excluding carboxylic acids is 1. The highest BCUT2D eigenvalue weighted by atomic mass is 19.4. The molecule has 2 aromatic carbocycles. The summed E-state index contributed by atoms with van der Waals surface area (Å²) < 4.78 is 47.3. The number of imidazole rings is 1. The largest absolute Gasteiger partial charge is 0.493 e. The molecule has 0 fully saturated rings. The standard InChI is InChI=1S/C28H24F3N7O2/c1-2-40-24-7-6-21(15-22(24)28(29,30)31)36-27(39)35-20-5-3-4-19(14-20)23-17-38-13-12-33-26(38)25(37-23)34-16-18-8-10-32-11-9-18/h3-15,17H,2,16H2,1H3,(H,34,37)(H2,35,36,39). The predicted octanol–water partition coefficient (Wildman–Crippen LogP) is 6.46. The normalized spacial score (nSPS) is 11.3. The average molecular weight is 548 g/mol. The Bertz CT molecular complexity index is 1640. The number of hydrogen-bond donors (Lipinski definition) is 3. The summed E-state index contributed by atoms with van der Waals surface area (Å²) in [5, 5.41) is 8.42. The molecule has 3 aromatic heterocycles. The summed E-state index contributed by atoms with van der Waals surface area (Å²) in [5.74, 6) is 0.275. The summed E-state index contributed by atoms with van der Waals surface area (Å²) in [6.45, 7) is 2.19. The Morgan fingerprint density at radius 3 is 2.52 bits per heavy atom. The Morgan fingerprint density at radius 1 is 1.00 bits per heavy atom. The number of anilines is 3. The number of nitrogens with one attached hydrogen (secondary N) is 3. The second-order valence-corrected chi connectivity index (χ2v) is 8.64. The van der Waals surface area contributed by atoms with Gasteiger partial charge in [0, 0.05) is 54.5 Å². The molecule has 5 aromatic rings. The summed E-state index contributed by atoms with van der Waals surface area (Å²) in [6, 6.07) is 13.4. The first-order chi connectivity index (χ1) is 19.3. The van der Waals surface area contributed by atoms with Crippen molar-refractivity contribution in [3.05, 3.63) is 96.7 Å². The number of amides is 2. The van der Waals surface area contributed by atoms with E-state index < -0.39 is 17.8 Å². The van der Waals surface area contributed by atoms with Crippen LogP contribution in [-0.4, -0.2) is 32.0 Å². The zero-order valence-corrected chi connectivity index (χ0v) is 21.2. The molecule has 0 radical (unpaired) electrons. The van der Waals surface area contributed by atoms with Gasteiger partial charge in [-0.25, -0.2) is 14.8 Å². The average Bonchev–Trinajstić information content (AvgIpc) is 3.42. The number of benzene rings is 2. The lowest BCUT2D eigenvalue weighted by atomic mass is 10.1. The first kappa shape index (κ1) is 26.5. The third kappa shape index (κ3) is 6.12. The van der Waals surface area contributed by atoms with Crippen LogP contribution in [-0.2, 0) is 12.7 Å². The second-order valence-electron chi connectivity index (χ2n) is 8.64. The molecule has 0 aliphatic carbocycles. The second kappa shape index (κ2) is 11.3. The number of carbonyl (C=O) groups is 1. The van der Waals surface area contributed by atoms with Gasteiger partial charge in [-0.3, -0.25) is 4.98 Å². The number of rotatable bonds is 8. The molecule has 0 aliphatic heterocycles. The van der Waals surface area contributed by atoms with Gasteiger partial charge >= 0.3 is 12.2 Å². The van der Waals surface area contributed by atoms with E-state index in [1.807, 2.05) is 28.8 Å². The number of hydrogen-bond acceptors (Lipinski definition) is 6. The molecule has 3 N–H and O–H groups in total. The van der Waals surface area contributed by atoms with Crippen LogP contribution in [0, 0.1) is 0 Å². The monoisotopic (exact) mass is 547 g/mol. The van der Waals surface area contributed by atoms with Gasteiger partial charge in [0.15, 0.2) is 11.5 Å². The third-order valence-corrected chi connectivity index (χ3v) is 5.84. The van der Waals surface area contributed by atoms with E-state index in [-0.39, 0.29) is 18.0 Å². The zero-order valence-electron chi connectivity index (χ0n) is 21.2. The minimum absolute atomic E-state index is 0.0263. The van der Waals surface area contributed by atoms with Gasteiger partial charge in [-0.2, -0.15) is 13.2 Å².